The first kappa shape index (κ1) is 40.6. The van der Waals surface area contributed by atoms with Gasteiger partial charge in [-0.05, 0) is 52.8 Å². The molecule has 12 nitrogen and oxygen atoms in total. The lowest BCUT2D eigenvalue weighted by molar-refractivity contribution is -0.153. The SMILES string of the molecule is CO/N=C(\C(=O)N[C@@H]1C(=O)N2C(C(=O)OCc3ccc(OC)cc3)=C(/C=C\C3CCCO3)CS[C@H]12)c1csc(NC(c2ccccc2)(c2ccccc2)c2ccccc2)n1. The van der Waals surface area contributed by atoms with Crippen molar-refractivity contribution < 1.29 is 33.4 Å². The molecule has 5 aromatic rings. The summed E-state index contributed by atoms with van der Waals surface area (Å²) in [4.78, 5) is 53.3. The van der Waals surface area contributed by atoms with Gasteiger partial charge in [0.1, 0.15) is 47.8 Å². The van der Waals surface area contributed by atoms with Crippen molar-refractivity contribution in [3.63, 3.8) is 0 Å². The zero-order valence-corrected chi connectivity index (χ0v) is 34.6. The van der Waals surface area contributed by atoms with E-state index in [0.29, 0.717) is 28.8 Å². The Kier molecular flexibility index (Phi) is 12.4. The molecule has 0 bridgehead atoms. The lowest BCUT2D eigenvalue weighted by Crippen LogP contribution is -2.71. The highest BCUT2D eigenvalue weighted by Gasteiger charge is 2.54. The van der Waals surface area contributed by atoms with E-state index in [1.807, 2.05) is 78.9 Å². The molecule has 0 saturated carbocycles. The fraction of sp³-hybridized carbons (Fsp3) is 0.239. The lowest BCUT2D eigenvalue weighted by Gasteiger charge is -2.49. The number of rotatable bonds is 15. The highest BCUT2D eigenvalue weighted by Crippen LogP contribution is 2.43. The van der Waals surface area contributed by atoms with Crippen molar-refractivity contribution in [2.75, 3.05) is 31.9 Å². The van der Waals surface area contributed by atoms with Gasteiger partial charge in [0, 0.05) is 17.7 Å². The summed E-state index contributed by atoms with van der Waals surface area (Å²) >= 11 is 2.76. The number of anilines is 1. The number of β-lactam (4-membered cyclic amide) rings is 1. The van der Waals surface area contributed by atoms with Crippen LogP contribution in [0.15, 0.2) is 149 Å². The van der Waals surface area contributed by atoms with Crippen molar-refractivity contribution in [3.8, 4) is 5.75 Å². The molecule has 4 heterocycles. The second-order valence-corrected chi connectivity index (χ2v) is 16.2. The van der Waals surface area contributed by atoms with Gasteiger partial charge in [0.15, 0.2) is 10.8 Å². The van der Waals surface area contributed by atoms with Crippen molar-refractivity contribution >= 4 is 51.7 Å². The number of thioether (sulfide) groups is 1. The lowest BCUT2D eigenvalue weighted by atomic mass is 9.77. The fourth-order valence-corrected chi connectivity index (χ4v) is 9.63. The molecule has 0 radical (unpaired) electrons. The summed E-state index contributed by atoms with van der Waals surface area (Å²) < 4.78 is 16.8. The van der Waals surface area contributed by atoms with E-state index in [1.165, 1.54) is 35.1 Å². The molecular formula is C46H43N5O7S2. The van der Waals surface area contributed by atoms with Crippen LogP contribution < -0.4 is 15.4 Å². The van der Waals surface area contributed by atoms with E-state index in [-0.39, 0.29) is 29.8 Å². The molecule has 2 N–H and O–H groups in total. The number of amides is 2. The number of hydrogen-bond donors (Lipinski definition) is 2. The highest BCUT2D eigenvalue weighted by atomic mass is 32.2. The molecule has 8 rings (SSSR count). The van der Waals surface area contributed by atoms with Crippen molar-refractivity contribution in [2.24, 2.45) is 5.16 Å². The third kappa shape index (κ3) is 8.31. The maximum atomic E-state index is 14.1. The van der Waals surface area contributed by atoms with E-state index in [9.17, 15) is 14.4 Å². The summed E-state index contributed by atoms with van der Waals surface area (Å²) in [7, 11) is 2.93. The van der Waals surface area contributed by atoms with E-state index in [4.69, 9.17) is 24.0 Å². The van der Waals surface area contributed by atoms with E-state index in [2.05, 4.69) is 52.2 Å². The van der Waals surface area contributed by atoms with Gasteiger partial charge >= 0.3 is 5.97 Å². The molecule has 0 aliphatic carbocycles. The van der Waals surface area contributed by atoms with Crippen LogP contribution in [-0.2, 0) is 40.8 Å². The molecule has 3 atom stereocenters. The van der Waals surface area contributed by atoms with Gasteiger partial charge in [0.05, 0.1) is 13.2 Å². The van der Waals surface area contributed by atoms with Gasteiger partial charge < -0.3 is 29.7 Å². The van der Waals surface area contributed by atoms with Gasteiger partial charge in [-0.1, -0.05) is 120 Å². The van der Waals surface area contributed by atoms with Crippen LogP contribution in [-0.4, -0.2) is 77.5 Å². The van der Waals surface area contributed by atoms with Crippen LogP contribution in [0.5, 0.6) is 5.75 Å². The number of oxime groups is 1. The molecule has 14 heteroatoms. The summed E-state index contributed by atoms with van der Waals surface area (Å²) in [5.41, 5.74) is 3.83. The number of carbonyl (C=O) groups excluding carboxylic acids is 3. The summed E-state index contributed by atoms with van der Waals surface area (Å²) in [5.74, 6) is -0.644. The Balaban J connectivity index is 1.03. The van der Waals surface area contributed by atoms with Crippen molar-refractivity contribution in [3.05, 3.63) is 172 Å². The minimum Gasteiger partial charge on any atom is -0.497 e. The number of allylic oxidation sites excluding steroid dienone is 1. The first-order chi connectivity index (χ1) is 29.4. The second-order valence-electron chi connectivity index (χ2n) is 14.2. The number of nitrogens with zero attached hydrogens (tertiary/aromatic N) is 3. The topological polar surface area (TPSA) is 141 Å². The Morgan fingerprint density at radius 1 is 0.933 bits per heavy atom. The van der Waals surface area contributed by atoms with Crippen LogP contribution in [0.1, 0.15) is 40.8 Å². The van der Waals surface area contributed by atoms with E-state index in [1.54, 1.807) is 24.6 Å². The summed E-state index contributed by atoms with van der Waals surface area (Å²) in [6.07, 6.45) is 5.54. The highest BCUT2D eigenvalue weighted by molar-refractivity contribution is 8.00. The van der Waals surface area contributed by atoms with Gasteiger partial charge in [-0.25, -0.2) is 9.78 Å². The number of aromatic nitrogens is 1. The largest absolute Gasteiger partial charge is 0.497 e. The predicted molar refractivity (Wildman–Crippen MR) is 231 cm³/mol. The van der Waals surface area contributed by atoms with Crippen LogP contribution in [0.2, 0.25) is 0 Å². The minimum absolute atomic E-state index is 0.000440. The van der Waals surface area contributed by atoms with Crippen LogP contribution in [0.25, 0.3) is 0 Å². The molecule has 1 unspecified atom stereocenters. The van der Waals surface area contributed by atoms with Crippen LogP contribution in [0, 0.1) is 0 Å². The number of ether oxygens (including phenoxy) is 3. The monoisotopic (exact) mass is 841 g/mol. The van der Waals surface area contributed by atoms with Gasteiger partial charge in [0.2, 0.25) is 0 Å². The average Bonchev–Trinajstić information content (AvgIpc) is 4.01. The maximum absolute atomic E-state index is 14.1. The fourth-order valence-electron chi connectivity index (χ4n) is 7.56. The molecule has 306 valence electrons. The first-order valence-electron chi connectivity index (χ1n) is 19.5. The molecule has 60 heavy (non-hydrogen) atoms. The molecule has 4 aromatic carbocycles. The minimum atomic E-state index is -0.948. The average molecular weight is 842 g/mol. The molecule has 2 amide bonds. The number of hydrogen-bond acceptors (Lipinski definition) is 12. The number of thiazole rings is 1. The Bertz CT molecular complexity index is 2300. The van der Waals surface area contributed by atoms with Crippen molar-refractivity contribution in [1.82, 2.24) is 15.2 Å². The van der Waals surface area contributed by atoms with Gasteiger partial charge in [0.25, 0.3) is 11.8 Å². The van der Waals surface area contributed by atoms with Gasteiger partial charge in [-0.3, -0.25) is 14.5 Å². The number of fused-ring (bicyclic) bond motifs is 1. The Labute approximate surface area is 356 Å². The Morgan fingerprint density at radius 2 is 1.58 bits per heavy atom. The van der Waals surface area contributed by atoms with E-state index in [0.717, 1.165) is 35.1 Å². The predicted octanol–water partition coefficient (Wildman–Crippen LogP) is 7.04. The normalized spacial score (nSPS) is 19.1. The number of carbonyl (C=O) groups is 3. The first-order valence-corrected chi connectivity index (χ1v) is 21.4. The third-order valence-electron chi connectivity index (χ3n) is 10.5. The summed E-state index contributed by atoms with van der Waals surface area (Å²) in [6.45, 7) is 0.677. The molecule has 3 aliphatic heterocycles. The number of nitrogens with one attached hydrogen (secondary N) is 2. The standard InChI is InChI=1S/C46H43N5O7S2/c1-55-35-23-20-30(21-24-35)27-58-44(54)40-31(22-25-36-19-12-26-57-36)28-59-43-39(42(53)51(40)43)48-41(52)38(50-56-2)37-29-60-45(47-37)49-46(32-13-6-3-7-14-32,33-15-8-4-9-16-33)34-17-10-5-11-18-34/h3-11,13-18,20-25,29,36,39,43H,12,19,26-28H2,1-2H3,(H,47,49)(H,48,52)/b25-22-,50-38-/t36?,39-,43-/m1/s1. The zero-order chi connectivity index (χ0) is 41.5. The van der Waals surface area contributed by atoms with E-state index < -0.39 is 34.7 Å². The molecular weight excluding hydrogens is 799 g/mol. The molecule has 0 spiro atoms. The second kappa shape index (κ2) is 18.4. The number of benzene rings is 4. The van der Waals surface area contributed by atoms with E-state index >= 15 is 0 Å². The van der Waals surface area contributed by atoms with Gasteiger partial charge in [-0.15, -0.1) is 23.1 Å². The molecule has 3 aliphatic rings. The zero-order valence-electron chi connectivity index (χ0n) is 33.0. The van der Waals surface area contributed by atoms with Crippen LogP contribution in [0.3, 0.4) is 0 Å². The van der Waals surface area contributed by atoms with Crippen molar-refractivity contribution in [1.29, 1.82) is 0 Å². The molecule has 2 fully saturated rings. The smallest absolute Gasteiger partial charge is 0.355 e. The third-order valence-corrected chi connectivity index (χ3v) is 12.6. The number of esters is 1. The number of methoxy groups -OCH3 is 1. The van der Waals surface area contributed by atoms with Crippen molar-refractivity contribution in [2.45, 2.75) is 42.5 Å². The maximum Gasteiger partial charge on any atom is 0.355 e. The molecule has 1 aromatic heterocycles. The summed E-state index contributed by atoms with van der Waals surface area (Å²) in [6, 6.07) is 36.6. The quantitative estimate of drug-likeness (QED) is 0.0371. The molecule has 2 saturated heterocycles. The Hall–Kier alpha value is -6.22. The van der Waals surface area contributed by atoms with Crippen LogP contribution >= 0.6 is 23.1 Å². The Morgan fingerprint density at radius 3 is 2.17 bits per heavy atom. The summed E-state index contributed by atoms with van der Waals surface area (Å²) in [5, 5.41) is 12.4. The van der Waals surface area contributed by atoms with Crippen LogP contribution in [0.4, 0.5) is 5.13 Å². The van der Waals surface area contributed by atoms with Gasteiger partial charge in [-0.2, -0.15) is 0 Å².